The van der Waals surface area contributed by atoms with Gasteiger partial charge >= 0.3 is 0 Å². The zero-order valence-electron chi connectivity index (χ0n) is 13.1. The normalized spacial score (nSPS) is 18.2. The van der Waals surface area contributed by atoms with Crippen molar-refractivity contribution in [1.29, 1.82) is 5.41 Å². The molecule has 0 saturated heterocycles. The number of hydroxylamine groups is 2. The summed E-state index contributed by atoms with van der Waals surface area (Å²) in [6.07, 6.45) is 3.03. The quantitative estimate of drug-likeness (QED) is 0.850. The van der Waals surface area contributed by atoms with E-state index in [1.807, 2.05) is 0 Å². The molecule has 1 aromatic heterocycles. The molecule has 0 saturated carbocycles. The standard InChI is InChI=1S/C18H12FN3O3/c1-10-8-16-21-18(23)14(17(20)22(16)25-10)9-13-6-7-15(24-13)11-2-4-12(19)5-3-11/h2-9,20H,1H3/b14-9+,20-17?. The van der Waals surface area contributed by atoms with Crippen LogP contribution in [0.3, 0.4) is 0 Å². The summed E-state index contributed by atoms with van der Waals surface area (Å²) in [5.74, 6) is 0.774. The number of benzene rings is 1. The number of carbonyl (C=O) groups is 1. The highest BCUT2D eigenvalue weighted by molar-refractivity contribution is 6.32. The summed E-state index contributed by atoms with van der Waals surface area (Å²) in [6, 6.07) is 9.26. The summed E-state index contributed by atoms with van der Waals surface area (Å²) in [7, 11) is 0. The van der Waals surface area contributed by atoms with Gasteiger partial charge in [0.25, 0.3) is 5.91 Å². The molecule has 124 valence electrons. The van der Waals surface area contributed by atoms with Crippen molar-refractivity contribution in [1.82, 2.24) is 5.06 Å². The zero-order valence-corrected chi connectivity index (χ0v) is 13.1. The second-order valence-electron chi connectivity index (χ2n) is 5.53. The van der Waals surface area contributed by atoms with Crippen LogP contribution in [-0.4, -0.2) is 22.6 Å². The largest absolute Gasteiger partial charge is 0.457 e. The SMILES string of the molecule is CC1=CC2=NC(=O)/C(=C/c3ccc(-c4ccc(F)cc4)o3)C(=N)N2O1. The van der Waals surface area contributed by atoms with Gasteiger partial charge in [-0.2, -0.15) is 4.99 Å². The smallest absolute Gasteiger partial charge is 0.283 e. The molecule has 4 rings (SSSR count). The van der Waals surface area contributed by atoms with Crippen LogP contribution in [0.5, 0.6) is 0 Å². The first kappa shape index (κ1) is 15.1. The van der Waals surface area contributed by atoms with Gasteiger partial charge in [-0.25, -0.2) is 4.39 Å². The van der Waals surface area contributed by atoms with Crippen LogP contribution in [0.4, 0.5) is 4.39 Å². The number of carbonyl (C=O) groups excluding carboxylic acids is 1. The number of amidine groups is 2. The first-order chi connectivity index (χ1) is 12.0. The van der Waals surface area contributed by atoms with Crippen molar-refractivity contribution in [2.75, 3.05) is 0 Å². The van der Waals surface area contributed by atoms with Crippen LogP contribution in [0, 0.1) is 11.2 Å². The minimum Gasteiger partial charge on any atom is -0.457 e. The average molecular weight is 337 g/mol. The van der Waals surface area contributed by atoms with E-state index in [0.29, 0.717) is 22.8 Å². The molecule has 1 aromatic carbocycles. The Labute approximate surface area is 142 Å². The number of nitrogens with zero attached hydrogens (tertiary/aromatic N) is 2. The monoisotopic (exact) mass is 337 g/mol. The molecular weight excluding hydrogens is 325 g/mol. The van der Waals surface area contributed by atoms with Crippen molar-refractivity contribution < 1.29 is 18.4 Å². The number of nitrogens with one attached hydrogen (secondary N) is 1. The lowest BCUT2D eigenvalue weighted by Crippen LogP contribution is -2.38. The second kappa shape index (κ2) is 5.55. The predicted octanol–water partition coefficient (Wildman–Crippen LogP) is 3.54. The molecule has 0 aliphatic carbocycles. The number of aliphatic imine (C=N–C) groups is 1. The molecule has 0 radical (unpaired) electrons. The Bertz CT molecular complexity index is 983. The minimum atomic E-state index is -0.537. The molecule has 0 fully saturated rings. The van der Waals surface area contributed by atoms with E-state index in [9.17, 15) is 9.18 Å². The van der Waals surface area contributed by atoms with Crippen molar-refractivity contribution in [2.24, 2.45) is 4.99 Å². The summed E-state index contributed by atoms with van der Waals surface area (Å²) in [4.78, 5) is 21.4. The van der Waals surface area contributed by atoms with Crippen molar-refractivity contribution in [3.63, 3.8) is 0 Å². The molecule has 2 aromatic rings. The van der Waals surface area contributed by atoms with Gasteiger partial charge in [0, 0.05) is 11.6 Å². The Balaban J connectivity index is 1.65. The maximum absolute atomic E-state index is 13.0. The van der Waals surface area contributed by atoms with Crippen LogP contribution >= 0.6 is 0 Å². The fourth-order valence-corrected chi connectivity index (χ4v) is 2.54. The number of allylic oxidation sites excluding steroid dienone is 1. The topological polar surface area (TPSA) is 78.9 Å². The van der Waals surface area contributed by atoms with Gasteiger partial charge in [0.05, 0.1) is 5.57 Å². The fourth-order valence-electron chi connectivity index (χ4n) is 2.54. The van der Waals surface area contributed by atoms with Crippen molar-refractivity contribution in [3.05, 3.63) is 65.4 Å². The summed E-state index contributed by atoms with van der Waals surface area (Å²) in [5.41, 5.74) is 0.769. The number of rotatable bonds is 2. The van der Waals surface area contributed by atoms with E-state index in [-0.39, 0.29) is 23.1 Å². The highest BCUT2D eigenvalue weighted by Gasteiger charge is 2.34. The van der Waals surface area contributed by atoms with Gasteiger partial charge in [0.1, 0.15) is 23.1 Å². The zero-order chi connectivity index (χ0) is 17.6. The molecule has 3 heterocycles. The van der Waals surface area contributed by atoms with Gasteiger partial charge in [-0.15, -0.1) is 5.06 Å². The molecule has 0 bridgehead atoms. The van der Waals surface area contributed by atoms with E-state index >= 15 is 0 Å². The van der Waals surface area contributed by atoms with Crippen LogP contribution in [-0.2, 0) is 9.63 Å². The van der Waals surface area contributed by atoms with Gasteiger partial charge in [0.2, 0.25) is 0 Å². The maximum Gasteiger partial charge on any atom is 0.283 e. The molecule has 1 N–H and O–H groups in total. The second-order valence-corrected chi connectivity index (χ2v) is 5.53. The van der Waals surface area contributed by atoms with Gasteiger partial charge in [0.15, 0.2) is 11.7 Å². The average Bonchev–Trinajstić information content (AvgIpc) is 3.18. The van der Waals surface area contributed by atoms with E-state index < -0.39 is 5.91 Å². The lowest BCUT2D eigenvalue weighted by Gasteiger charge is -2.22. The number of hydrogen-bond donors (Lipinski definition) is 1. The maximum atomic E-state index is 13.0. The van der Waals surface area contributed by atoms with Gasteiger partial charge in [-0.1, -0.05) is 0 Å². The first-order valence-electron chi connectivity index (χ1n) is 7.47. The van der Waals surface area contributed by atoms with E-state index in [1.54, 1.807) is 37.3 Å². The number of hydrogen-bond acceptors (Lipinski definition) is 4. The van der Waals surface area contributed by atoms with Gasteiger partial charge in [-0.3, -0.25) is 10.2 Å². The van der Waals surface area contributed by atoms with E-state index in [4.69, 9.17) is 14.7 Å². The molecule has 2 aliphatic rings. The van der Waals surface area contributed by atoms with Crippen LogP contribution in [0.2, 0.25) is 0 Å². The van der Waals surface area contributed by atoms with E-state index in [0.717, 1.165) is 0 Å². The number of amides is 1. The highest BCUT2D eigenvalue weighted by atomic mass is 19.1. The Morgan fingerprint density at radius 1 is 1.20 bits per heavy atom. The molecule has 7 heteroatoms. The van der Waals surface area contributed by atoms with Crippen LogP contribution < -0.4 is 0 Å². The lowest BCUT2D eigenvalue weighted by atomic mass is 10.1. The molecule has 0 unspecified atom stereocenters. The Morgan fingerprint density at radius 3 is 2.72 bits per heavy atom. The van der Waals surface area contributed by atoms with E-state index in [2.05, 4.69) is 4.99 Å². The predicted molar refractivity (Wildman–Crippen MR) is 88.9 cm³/mol. The van der Waals surface area contributed by atoms with Crippen molar-refractivity contribution in [3.8, 4) is 11.3 Å². The Kier molecular flexibility index (Phi) is 3.35. The molecule has 1 amide bonds. The Hall–Kier alpha value is -3.48. The van der Waals surface area contributed by atoms with Crippen LogP contribution in [0.25, 0.3) is 17.4 Å². The molecule has 25 heavy (non-hydrogen) atoms. The summed E-state index contributed by atoms with van der Waals surface area (Å²) < 4.78 is 18.7. The third-order valence-electron chi connectivity index (χ3n) is 3.72. The number of halogens is 1. The molecule has 6 nitrogen and oxygen atoms in total. The number of fused-ring (bicyclic) bond motifs is 1. The van der Waals surface area contributed by atoms with Crippen molar-refractivity contribution in [2.45, 2.75) is 6.92 Å². The first-order valence-corrected chi connectivity index (χ1v) is 7.47. The highest BCUT2D eigenvalue weighted by Crippen LogP contribution is 2.26. The summed E-state index contributed by atoms with van der Waals surface area (Å²) in [6.45, 7) is 1.71. The number of furan rings is 1. The molecule has 0 spiro atoms. The van der Waals surface area contributed by atoms with Crippen LogP contribution in [0.15, 0.2) is 63.2 Å². The van der Waals surface area contributed by atoms with Crippen LogP contribution in [0.1, 0.15) is 12.7 Å². The third kappa shape index (κ3) is 2.65. The van der Waals surface area contributed by atoms with Gasteiger partial charge < -0.3 is 9.25 Å². The molecule has 2 aliphatic heterocycles. The minimum absolute atomic E-state index is 0.0619. The molecule has 0 atom stereocenters. The fraction of sp³-hybridized carbons (Fsp3) is 0.0556. The van der Waals surface area contributed by atoms with E-state index in [1.165, 1.54) is 23.3 Å². The Morgan fingerprint density at radius 2 is 1.96 bits per heavy atom. The van der Waals surface area contributed by atoms with Gasteiger partial charge in [-0.05, 0) is 49.4 Å². The summed E-state index contributed by atoms with van der Waals surface area (Å²) >= 11 is 0. The summed E-state index contributed by atoms with van der Waals surface area (Å²) in [5, 5.41) is 9.34. The third-order valence-corrected chi connectivity index (χ3v) is 3.72. The lowest BCUT2D eigenvalue weighted by molar-refractivity contribution is -0.114. The molecular formula is C18H12FN3O3. The van der Waals surface area contributed by atoms with Crippen molar-refractivity contribution >= 4 is 23.7 Å².